The van der Waals surface area contributed by atoms with E-state index in [2.05, 4.69) is 21.2 Å². The van der Waals surface area contributed by atoms with Gasteiger partial charge in [-0.15, -0.1) is 0 Å². The number of aromatic nitrogens is 3. The summed E-state index contributed by atoms with van der Waals surface area (Å²) in [6.45, 7) is 1.97. The number of amides is 1. The molecule has 1 amide bonds. The maximum absolute atomic E-state index is 12.6. The first-order chi connectivity index (χ1) is 13.7. The van der Waals surface area contributed by atoms with E-state index in [9.17, 15) is 4.79 Å². The number of aromatic amines is 1. The Labute approximate surface area is 168 Å². The fraction of sp³-hybridized carbons (Fsp3) is 0.286. The number of halogens is 1. The van der Waals surface area contributed by atoms with Crippen molar-refractivity contribution < 1.29 is 9.53 Å². The number of hydrogen-bond donors (Lipinski definition) is 1. The van der Waals surface area contributed by atoms with Crippen molar-refractivity contribution in [1.29, 1.82) is 0 Å². The van der Waals surface area contributed by atoms with Gasteiger partial charge in [0.15, 0.2) is 0 Å². The lowest BCUT2D eigenvalue weighted by Crippen LogP contribution is -2.28. The van der Waals surface area contributed by atoms with Crippen molar-refractivity contribution in [3.05, 3.63) is 76.8 Å². The lowest BCUT2D eigenvalue weighted by molar-refractivity contribution is 0.0790. The van der Waals surface area contributed by atoms with Crippen molar-refractivity contribution in [1.82, 2.24) is 20.1 Å². The number of benzene rings is 1. The molecule has 0 spiro atoms. The number of hydrogen-bond acceptors (Lipinski definition) is 4. The maximum Gasteiger partial charge on any atom is 0.253 e. The number of rotatable bonds is 6. The highest BCUT2D eigenvalue weighted by atomic mass is 35.5. The molecule has 1 aliphatic heterocycles. The first-order valence-corrected chi connectivity index (χ1v) is 9.69. The summed E-state index contributed by atoms with van der Waals surface area (Å²) in [7, 11) is 0. The molecule has 0 aliphatic carbocycles. The van der Waals surface area contributed by atoms with Crippen LogP contribution in [0.3, 0.4) is 0 Å². The van der Waals surface area contributed by atoms with Crippen LogP contribution in [0.15, 0.2) is 54.9 Å². The van der Waals surface area contributed by atoms with E-state index in [0.29, 0.717) is 23.7 Å². The summed E-state index contributed by atoms with van der Waals surface area (Å²) in [5, 5.41) is 8.20. The number of likely N-dealkylation sites (tertiary alicyclic amines) is 1. The number of ether oxygens (including phenoxy) is 1. The lowest BCUT2D eigenvalue weighted by atomic mass is 10.0. The molecule has 0 bridgehead atoms. The van der Waals surface area contributed by atoms with Crippen LogP contribution in [0.1, 0.15) is 34.1 Å². The number of pyridine rings is 1. The molecule has 1 N–H and O–H groups in total. The third-order valence-corrected chi connectivity index (χ3v) is 5.14. The molecule has 6 nitrogen and oxygen atoms in total. The van der Waals surface area contributed by atoms with E-state index in [1.807, 2.05) is 23.1 Å². The third-order valence-electron chi connectivity index (χ3n) is 4.91. The van der Waals surface area contributed by atoms with Crippen LogP contribution in [0.5, 0.6) is 5.75 Å². The van der Waals surface area contributed by atoms with Crippen LogP contribution in [0, 0.1) is 0 Å². The zero-order valence-corrected chi connectivity index (χ0v) is 16.1. The van der Waals surface area contributed by atoms with E-state index in [4.69, 9.17) is 16.3 Å². The van der Waals surface area contributed by atoms with Gasteiger partial charge in [0, 0.05) is 54.1 Å². The van der Waals surface area contributed by atoms with Crippen molar-refractivity contribution in [2.24, 2.45) is 0 Å². The van der Waals surface area contributed by atoms with E-state index in [-0.39, 0.29) is 11.8 Å². The Bertz CT molecular complexity index is 944. The molecule has 1 atom stereocenters. The second-order valence-electron chi connectivity index (χ2n) is 6.85. The summed E-state index contributed by atoms with van der Waals surface area (Å²) >= 11 is 5.96. The molecular weight excluding hydrogens is 376 g/mol. The van der Waals surface area contributed by atoms with E-state index in [1.54, 1.807) is 30.6 Å². The molecule has 3 heterocycles. The van der Waals surface area contributed by atoms with E-state index in [1.165, 1.54) is 0 Å². The smallest absolute Gasteiger partial charge is 0.253 e. The van der Waals surface area contributed by atoms with Crippen LogP contribution >= 0.6 is 11.6 Å². The summed E-state index contributed by atoms with van der Waals surface area (Å²) in [5.74, 6) is 1.06. The summed E-state index contributed by atoms with van der Waals surface area (Å²) in [6, 6.07) is 13.0. The zero-order chi connectivity index (χ0) is 19.3. The van der Waals surface area contributed by atoms with Crippen LogP contribution in [0.4, 0.5) is 0 Å². The first-order valence-electron chi connectivity index (χ1n) is 9.31. The van der Waals surface area contributed by atoms with Gasteiger partial charge in [0.2, 0.25) is 0 Å². The highest BCUT2D eigenvalue weighted by Gasteiger charge is 2.29. The van der Waals surface area contributed by atoms with E-state index < -0.39 is 0 Å². The fourth-order valence-electron chi connectivity index (χ4n) is 3.42. The predicted molar refractivity (Wildman–Crippen MR) is 107 cm³/mol. The Balaban J connectivity index is 1.30. The average Bonchev–Trinajstić information content (AvgIpc) is 3.38. The molecule has 0 saturated carbocycles. The van der Waals surface area contributed by atoms with E-state index in [0.717, 1.165) is 36.5 Å². The second-order valence-corrected chi connectivity index (χ2v) is 7.28. The molecule has 3 aromatic rings. The minimum atomic E-state index is 0.0515. The van der Waals surface area contributed by atoms with Gasteiger partial charge in [-0.1, -0.05) is 17.7 Å². The quantitative estimate of drug-likeness (QED) is 0.689. The topological polar surface area (TPSA) is 71.1 Å². The SMILES string of the molecule is O=C(c1ccncc1)N1CC[C@@H](c2cc(CCOc3cccc(Cl)c3)[nH]n2)C1. The number of nitrogens with zero attached hydrogens (tertiary/aromatic N) is 3. The largest absolute Gasteiger partial charge is 0.493 e. The molecule has 4 rings (SSSR count). The van der Waals surface area contributed by atoms with Crippen LogP contribution in [0.25, 0.3) is 0 Å². The van der Waals surface area contributed by atoms with Gasteiger partial charge in [-0.05, 0) is 42.8 Å². The fourth-order valence-corrected chi connectivity index (χ4v) is 3.60. The molecule has 1 aliphatic rings. The first kappa shape index (κ1) is 18.5. The Kier molecular flexibility index (Phi) is 5.58. The number of nitrogens with one attached hydrogen (secondary N) is 1. The number of carbonyl (C=O) groups excluding carboxylic acids is 1. The number of carbonyl (C=O) groups is 1. The summed E-state index contributed by atoms with van der Waals surface area (Å²) in [5.41, 5.74) is 2.70. The highest BCUT2D eigenvalue weighted by Crippen LogP contribution is 2.27. The normalized spacial score (nSPS) is 16.3. The van der Waals surface area contributed by atoms with Crippen LogP contribution < -0.4 is 4.74 Å². The van der Waals surface area contributed by atoms with Crippen molar-refractivity contribution in [2.45, 2.75) is 18.8 Å². The van der Waals surface area contributed by atoms with Gasteiger partial charge in [0.1, 0.15) is 5.75 Å². The molecule has 28 heavy (non-hydrogen) atoms. The molecule has 2 aromatic heterocycles. The van der Waals surface area contributed by atoms with Gasteiger partial charge >= 0.3 is 0 Å². The number of H-pyrrole nitrogens is 1. The van der Waals surface area contributed by atoms with Crippen LogP contribution in [-0.4, -0.2) is 45.7 Å². The minimum Gasteiger partial charge on any atom is -0.493 e. The molecule has 1 fully saturated rings. The van der Waals surface area contributed by atoms with Crippen molar-refractivity contribution in [2.75, 3.05) is 19.7 Å². The predicted octanol–water partition coefficient (Wildman–Crippen LogP) is 3.71. The van der Waals surface area contributed by atoms with Gasteiger partial charge in [0.25, 0.3) is 5.91 Å². The zero-order valence-electron chi connectivity index (χ0n) is 15.3. The second kappa shape index (κ2) is 8.44. The summed E-state index contributed by atoms with van der Waals surface area (Å²) in [6.07, 6.45) is 4.94. The van der Waals surface area contributed by atoms with Gasteiger partial charge in [-0.25, -0.2) is 0 Å². The minimum absolute atomic E-state index is 0.0515. The maximum atomic E-state index is 12.6. The molecule has 7 heteroatoms. The van der Waals surface area contributed by atoms with Crippen molar-refractivity contribution in [3.8, 4) is 5.75 Å². The van der Waals surface area contributed by atoms with Crippen LogP contribution in [0.2, 0.25) is 5.02 Å². The average molecular weight is 397 g/mol. The summed E-state index contributed by atoms with van der Waals surface area (Å²) < 4.78 is 5.73. The van der Waals surface area contributed by atoms with Crippen molar-refractivity contribution >= 4 is 17.5 Å². The van der Waals surface area contributed by atoms with Crippen molar-refractivity contribution in [3.63, 3.8) is 0 Å². The molecular formula is C21H21ClN4O2. The van der Waals surface area contributed by atoms with Gasteiger partial charge in [-0.3, -0.25) is 14.9 Å². The van der Waals surface area contributed by atoms with Crippen LogP contribution in [-0.2, 0) is 6.42 Å². The molecule has 144 valence electrons. The van der Waals surface area contributed by atoms with Gasteiger partial charge in [0.05, 0.1) is 12.3 Å². The molecule has 0 unspecified atom stereocenters. The Morgan fingerprint density at radius 1 is 1.25 bits per heavy atom. The monoisotopic (exact) mass is 396 g/mol. The molecule has 1 saturated heterocycles. The molecule has 1 aromatic carbocycles. The Hall–Kier alpha value is -2.86. The van der Waals surface area contributed by atoms with E-state index >= 15 is 0 Å². The third kappa shape index (κ3) is 4.34. The molecule has 0 radical (unpaired) electrons. The Morgan fingerprint density at radius 3 is 2.93 bits per heavy atom. The Morgan fingerprint density at radius 2 is 2.11 bits per heavy atom. The lowest BCUT2D eigenvalue weighted by Gasteiger charge is -2.15. The standard InChI is InChI=1S/C21H21ClN4O2/c22-17-2-1-3-19(12-17)28-11-7-18-13-20(25-24-18)16-6-10-26(14-16)21(27)15-4-8-23-9-5-15/h1-5,8-9,12-13,16H,6-7,10-11,14H2,(H,24,25)/t16-/m1/s1. The highest BCUT2D eigenvalue weighted by molar-refractivity contribution is 6.30. The van der Waals surface area contributed by atoms with Gasteiger partial charge < -0.3 is 9.64 Å². The van der Waals surface area contributed by atoms with Gasteiger partial charge in [-0.2, -0.15) is 5.10 Å². The summed E-state index contributed by atoms with van der Waals surface area (Å²) in [4.78, 5) is 18.4.